The number of rotatable bonds is 4. The second-order valence-corrected chi connectivity index (χ2v) is 7.79. The average molecular weight is 331 g/mol. The summed E-state index contributed by atoms with van der Waals surface area (Å²) in [6.07, 6.45) is 0.832. The number of hydrogen-bond donors (Lipinski definition) is 1. The summed E-state index contributed by atoms with van der Waals surface area (Å²) < 4.78 is 3.80. The van der Waals surface area contributed by atoms with Crippen LogP contribution >= 0.6 is 11.5 Å². The molecular weight excluding hydrogens is 306 g/mol. The first-order chi connectivity index (χ1) is 10.7. The Balaban J connectivity index is 2.04. The quantitative estimate of drug-likeness (QED) is 0.928. The molecule has 0 bridgehead atoms. The third-order valence-electron chi connectivity index (χ3n) is 4.08. The number of benzene rings is 1. The zero-order valence-electron chi connectivity index (χ0n) is 14.8. The van der Waals surface area contributed by atoms with Gasteiger partial charge in [-0.2, -0.15) is 0 Å². The van der Waals surface area contributed by atoms with Crippen molar-refractivity contribution in [3.8, 4) is 0 Å². The van der Waals surface area contributed by atoms with Crippen LogP contribution in [0.3, 0.4) is 0 Å². The van der Waals surface area contributed by atoms with E-state index in [1.54, 1.807) is 6.92 Å². The van der Waals surface area contributed by atoms with E-state index in [0.717, 1.165) is 18.0 Å². The van der Waals surface area contributed by atoms with E-state index in [9.17, 15) is 4.79 Å². The lowest BCUT2D eigenvalue weighted by molar-refractivity contribution is 0.0957. The Morgan fingerprint density at radius 2 is 1.78 bits per heavy atom. The smallest absolute Gasteiger partial charge is 0.264 e. The summed E-state index contributed by atoms with van der Waals surface area (Å²) in [6, 6.07) is 4.53. The Bertz CT molecular complexity index is 690. The molecule has 2 aromatic rings. The van der Waals surface area contributed by atoms with Crippen LogP contribution in [0.5, 0.6) is 0 Å². The fourth-order valence-electron chi connectivity index (χ4n) is 2.64. The van der Waals surface area contributed by atoms with Gasteiger partial charge in [-0.15, -0.1) is 5.10 Å². The minimum Gasteiger partial charge on any atom is -0.351 e. The second kappa shape index (κ2) is 6.79. The molecule has 0 atom stereocenters. The maximum atomic E-state index is 12.1. The molecule has 1 N–H and O–H groups in total. The molecule has 0 aliphatic carbocycles. The lowest BCUT2D eigenvalue weighted by atomic mass is 9.83. The normalized spacial score (nSPS) is 11.6. The number of aromatic nitrogens is 2. The molecule has 0 spiro atoms. The summed E-state index contributed by atoms with van der Waals surface area (Å²) in [5.74, 6) is -0.0842. The van der Waals surface area contributed by atoms with Crippen LogP contribution < -0.4 is 5.32 Å². The van der Waals surface area contributed by atoms with Crippen LogP contribution in [0.15, 0.2) is 12.1 Å². The number of carbonyl (C=O) groups is 1. The molecule has 1 amide bonds. The van der Waals surface area contributed by atoms with Gasteiger partial charge in [0.1, 0.15) is 4.88 Å². The monoisotopic (exact) mass is 331 g/mol. The molecule has 1 heterocycles. The molecule has 0 aliphatic rings. The molecule has 1 aromatic carbocycles. The molecule has 0 saturated carbocycles. The van der Waals surface area contributed by atoms with Crippen LogP contribution in [0.25, 0.3) is 0 Å². The maximum absolute atomic E-state index is 12.1. The number of amides is 1. The summed E-state index contributed by atoms with van der Waals surface area (Å²) in [5.41, 5.74) is 6.09. The Morgan fingerprint density at radius 1 is 1.17 bits per heavy atom. The van der Waals surface area contributed by atoms with Crippen molar-refractivity contribution < 1.29 is 4.79 Å². The van der Waals surface area contributed by atoms with E-state index in [0.29, 0.717) is 17.1 Å². The SMILES string of the molecule is Cc1cc(C(C)(C)C)cc(C)c1CCNC(=O)c1snnc1C. The predicted octanol–water partition coefficient (Wildman–Crippen LogP) is 3.73. The zero-order chi connectivity index (χ0) is 17.2. The van der Waals surface area contributed by atoms with Crippen molar-refractivity contribution in [2.75, 3.05) is 6.54 Å². The Morgan fingerprint density at radius 3 is 2.26 bits per heavy atom. The van der Waals surface area contributed by atoms with Gasteiger partial charge in [-0.3, -0.25) is 4.79 Å². The van der Waals surface area contributed by atoms with Gasteiger partial charge < -0.3 is 5.32 Å². The molecule has 23 heavy (non-hydrogen) atoms. The number of carbonyl (C=O) groups excluding carboxylic acids is 1. The molecule has 0 radical (unpaired) electrons. The molecule has 2 rings (SSSR count). The molecule has 1 aromatic heterocycles. The average Bonchev–Trinajstić information content (AvgIpc) is 2.86. The largest absolute Gasteiger partial charge is 0.351 e. The molecule has 0 fully saturated rings. The van der Waals surface area contributed by atoms with E-state index in [2.05, 4.69) is 61.7 Å². The van der Waals surface area contributed by atoms with Crippen LogP contribution in [-0.2, 0) is 11.8 Å². The topological polar surface area (TPSA) is 54.9 Å². The summed E-state index contributed by atoms with van der Waals surface area (Å²) in [6.45, 7) is 13.4. The lowest BCUT2D eigenvalue weighted by Gasteiger charge is -2.22. The van der Waals surface area contributed by atoms with Gasteiger partial charge in [-0.05, 0) is 66.4 Å². The van der Waals surface area contributed by atoms with Crippen molar-refractivity contribution in [2.45, 2.75) is 53.4 Å². The van der Waals surface area contributed by atoms with E-state index >= 15 is 0 Å². The van der Waals surface area contributed by atoms with Crippen LogP contribution in [0.2, 0.25) is 0 Å². The molecule has 0 saturated heterocycles. The Kier molecular flexibility index (Phi) is 5.19. The van der Waals surface area contributed by atoms with Crippen molar-refractivity contribution in [2.24, 2.45) is 0 Å². The Labute approximate surface area is 142 Å². The van der Waals surface area contributed by atoms with Gasteiger partial charge in [-0.1, -0.05) is 37.4 Å². The fraction of sp³-hybridized carbons (Fsp3) is 0.500. The molecule has 0 aliphatic heterocycles. The highest BCUT2D eigenvalue weighted by Gasteiger charge is 2.17. The summed E-state index contributed by atoms with van der Waals surface area (Å²) in [4.78, 5) is 12.7. The van der Waals surface area contributed by atoms with Crippen molar-refractivity contribution in [3.05, 3.63) is 45.0 Å². The first-order valence-corrected chi connectivity index (χ1v) is 8.65. The molecule has 5 heteroatoms. The van der Waals surface area contributed by atoms with Gasteiger partial charge in [0.2, 0.25) is 0 Å². The lowest BCUT2D eigenvalue weighted by Crippen LogP contribution is -2.26. The van der Waals surface area contributed by atoms with Crippen molar-refractivity contribution in [3.63, 3.8) is 0 Å². The van der Waals surface area contributed by atoms with Gasteiger partial charge >= 0.3 is 0 Å². The molecule has 0 unspecified atom stereocenters. The predicted molar refractivity (Wildman–Crippen MR) is 95.3 cm³/mol. The van der Waals surface area contributed by atoms with Crippen molar-refractivity contribution in [1.29, 1.82) is 0 Å². The number of nitrogens with zero attached hydrogens (tertiary/aromatic N) is 2. The highest BCUT2D eigenvalue weighted by atomic mass is 32.1. The van der Waals surface area contributed by atoms with Crippen LogP contribution in [0, 0.1) is 20.8 Å². The van der Waals surface area contributed by atoms with E-state index in [1.807, 2.05) is 0 Å². The minimum atomic E-state index is -0.0842. The van der Waals surface area contributed by atoms with Crippen LogP contribution in [-0.4, -0.2) is 22.0 Å². The zero-order valence-corrected chi connectivity index (χ0v) is 15.6. The van der Waals surface area contributed by atoms with Gasteiger partial charge in [0.25, 0.3) is 5.91 Å². The van der Waals surface area contributed by atoms with E-state index < -0.39 is 0 Å². The summed E-state index contributed by atoms with van der Waals surface area (Å²) in [5, 5.41) is 6.84. The van der Waals surface area contributed by atoms with Gasteiger partial charge in [0.15, 0.2) is 0 Å². The third-order valence-corrected chi connectivity index (χ3v) is 4.91. The number of nitrogens with one attached hydrogen (secondary N) is 1. The van der Waals surface area contributed by atoms with Gasteiger partial charge in [-0.25, -0.2) is 0 Å². The minimum absolute atomic E-state index is 0.0842. The number of aryl methyl sites for hydroxylation is 3. The van der Waals surface area contributed by atoms with E-state index in [-0.39, 0.29) is 11.3 Å². The third kappa shape index (κ3) is 4.16. The highest BCUT2D eigenvalue weighted by Crippen LogP contribution is 2.27. The van der Waals surface area contributed by atoms with Crippen LogP contribution in [0.1, 0.15) is 58.4 Å². The second-order valence-electron chi connectivity index (χ2n) is 7.03. The summed E-state index contributed by atoms with van der Waals surface area (Å²) in [7, 11) is 0. The van der Waals surface area contributed by atoms with Crippen molar-refractivity contribution in [1.82, 2.24) is 14.9 Å². The van der Waals surface area contributed by atoms with E-state index in [1.165, 1.54) is 22.3 Å². The fourth-order valence-corrected chi connectivity index (χ4v) is 3.21. The molecule has 124 valence electrons. The molecule has 4 nitrogen and oxygen atoms in total. The van der Waals surface area contributed by atoms with Crippen molar-refractivity contribution >= 4 is 17.4 Å². The first-order valence-electron chi connectivity index (χ1n) is 7.88. The highest BCUT2D eigenvalue weighted by molar-refractivity contribution is 7.07. The van der Waals surface area contributed by atoms with E-state index in [4.69, 9.17) is 0 Å². The summed E-state index contributed by atoms with van der Waals surface area (Å²) >= 11 is 1.14. The first kappa shape index (κ1) is 17.6. The maximum Gasteiger partial charge on any atom is 0.264 e. The Hall–Kier alpha value is -1.75. The number of hydrogen-bond acceptors (Lipinski definition) is 4. The van der Waals surface area contributed by atoms with Gasteiger partial charge in [0.05, 0.1) is 5.69 Å². The van der Waals surface area contributed by atoms with Crippen LogP contribution in [0.4, 0.5) is 0 Å². The molecular formula is C18H25N3OS. The van der Waals surface area contributed by atoms with Gasteiger partial charge in [0, 0.05) is 6.54 Å². The standard InChI is InChI=1S/C18H25N3OS/c1-11-9-14(18(4,5)6)10-12(2)15(11)7-8-19-17(22)16-13(3)20-21-23-16/h9-10H,7-8H2,1-6H3,(H,19,22).